The minimum absolute atomic E-state index is 0.640. The van der Waals surface area contributed by atoms with Crippen molar-refractivity contribution in [2.45, 2.75) is 95.0 Å². The molecule has 54 heavy (non-hydrogen) atoms. The van der Waals surface area contributed by atoms with Crippen LogP contribution in [0.25, 0.3) is 39.3 Å². The number of furan rings is 1. The van der Waals surface area contributed by atoms with Crippen LogP contribution in [-0.2, 0) is 6.54 Å². The van der Waals surface area contributed by atoms with E-state index in [2.05, 4.69) is 148 Å². The summed E-state index contributed by atoms with van der Waals surface area (Å²) in [7, 11) is 0. The van der Waals surface area contributed by atoms with E-state index in [-0.39, 0.29) is 0 Å². The predicted molar refractivity (Wildman–Crippen MR) is 244 cm³/mol. The fourth-order valence-electron chi connectivity index (χ4n) is 5.89. The summed E-state index contributed by atoms with van der Waals surface area (Å²) >= 11 is 0. The summed E-state index contributed by atoms with van der Waals surface area (Å²) < 4.78 is 6.75. The Morgan fingerprint density at radius 3 is 1.80 bits per heavy atom. The fraction of sp³-hybridized carbons (Fsp3) is 0.275. The van der Waals surface area contributed by atoms with Gasteiger partial charge in [0.2, 0.25) is 0 Å². The summed E-state index contributed by atoms with van der Waals surface area (Å²) in [5.74, 6) is 0.973. The topological polar surface area (TPSA) is 63.0 Å². The molecule has 4 aromatic carbocycles. The molecule has 0 aliphatic rings. The molecule has 0 aliphatic carbocycles. The van der Waals surface area contributed by atoms with E-state index in [0.29, 0.717) is 6.54 Å². The normalized spacial score (nSPS) is 11.3. The number of fused-ring (bicyclic) bond motifs is 1. The van der Waals surface area contributed by atoms with Crippen LogP contribution in [0, 0.1) is 12.3 Å². The summed E-state index contributed by atoms with van der Waals surface area (Å²) in [5, 5.41) is 6.66. The Morgan fingerprint density at radius 2 is 1.35 bits per heavy atom. The number of nitrogens with one attached hydrogen (secondary N) is 1. The smallest absolute Gasteiger partial charge is 0.143 e. The van der Waals surface area contributed by atoms with E-state index >= 15 is 0 Å². The largest absolute Gasteiger partial charge is 0.455 e. The molecule has 0 amide bonds. The van der Waals surface area contributed by atoms with Gasteiger partial charge in [0.1, 0.15) is 11.3 Å². The third kappa shape index (κ3) is 13.6. The van der Waals surface area contributed by atoms with Gasteiger partial charge < -0.3 is 15.6 Å². The molecule has 0 saturated heterocycles. The molecular formula is C51H66N2O. The Labute approximate surface area is 328 Å². The minimum atomic E-state index is 0.640. The summed E-state index contributed by atoms with van der Waals surface area (Å²) in [6, 6.07) is 33.4. The zero-order valence-corrected chi connectivity index (χ0v) is 34.9. The number of unbranched alkanes of at least 4 members (excludes halogenated alkanes) is 1. The molecule has 0 unspecified atom stereocenters. The summed E-state index contributed by atoms with van der Waals surface area (Å²) in [4.78, 5) is 0. The minimum Gasteiger partial charge on any atom is -0.455 e. The van der Waals surface area contributed by atoms with E-state index in [0.717, 1.165) is 52.7 Å². The summed E-state index contributed by atoms with van der Waals surface area (Å²) in [6.07, 6.45) is 14.2. The zero-order valence-electron chi connectivity index (χ0n) is 34.9. The van der Waals surface area contributed by atoms with Gasteiger partial charge in [-0.1, -0.05) is 167 Å². The molecule has 0 saturated carbocycles. The third-order valence-electron chi connectivity index (χ3n) is 8.65. The highest BCUT2D eigenvalue weighted by Gasteiger charge is 2.22. The second-order valence-electron chi connectivity index (χ2n) is 12.5. The number of benzene rings is 4. The van der Waals surface area contributed by atoms with Crippen molar-refractivity contribution in [2.24, 2.45) is 5.73 Å². The van der Waals surface area contributed by atoms with Gasteiger partial charge >= 0.3 is 0 Å². The number of hydrogen-bond donors (Lipinski definition) is 2. The molecular weight excluding hydrogens is 657 g/mol. The van der Waals surface area contributed by atoms with Crippen LogP contribution in [0.1, 0.15) is 126 Å². The lowest BCUT2D eigenvalue weighted by atomic mass is 9.88. The number of hydrogen-bond acceptors (Lipinski definition) is 3. The summed E-state index contributed by atoms with van der Waals surface area (Å²) in [6.45, 7) is 28.5. The average Bonchev–Trinajstić information content (AvgIpc) is 3.58. The predicted octanol–water partition coefficient (Wildman–Crippen LogP) is 15.4. The molecule has 0 bridgehead atoms. The molecule has 5 rings (SSSR count). The number of rotatable bonds is 10. The second kappa shape index (κ2) is 26.5. The molecule has 0 atom stereocenters. The first kappa shape index (κ1) is 46.8. The van der Waals surface area contributed by atoms with E-state index in [1.807, 2.05) is 62.4 Å². The van der Waals surface area contributed by atoms with Crippen LogP contribution in [0.15, 0.2) is 132 Å². The standard InChI is InChI=1S/C34H40O.C7H9N.C7H8.C2H6.CH3N/c1-9-14-18-24(8)26-21-31(27(13-5)29-20-16-15-19-28(29)23(6)7)34-32(22-26)30(17-10-2)33(35-34)25(11-3)12-4;8-6-7-4-2-1-3-5-7;1-7-5-3-2-4-6-7;2*1-2/h10-11,13,15-22H,6,9,12,14H2,1-5,7-8H3;1-5H,6,8H2;2-6H,1H3;1-2H3;2H,1H2/b17-10-,24-18+,25-11-,27-13+;;;;. The fourth-order valence-corrected chi connectivity index (χ4v) is 5.89. The van der Waals surface area contributed by atoms with Crippen molar-refractivity contribution in [3.05, 3.63) is 173 Å². The lowest BCUT2D eigenvalue weighted by Crippen LogP contribution is -1.95. The maximum atomic E-state index is 6.75. The maximum Gasteiger partial charge on any atom is 0.143 e. The molecule has 1 heterocycles. The summed E-state index contributed by atoms with van der Waals surface area (Å²) in [5.41, 5.74) is 19.4. The quantitative estimate of drug-likeness (QED) is 0.141. The number of aryl methyl sites for hydroxylation is 1. The van der Waals surface area contributed by atoms with E-state index in [9.17, 15) is 0 Å². The SMILES string of the molecule is C=C(C)c1ccccc1/C(=C\C)c1cc(/C(C)=C/CCC)cc2c(/C=C\C)c(/C(=C\C)CC)oc12.C=N.CC.Cc1ccccc1.NCc1ccccc1. The zero-order chi connectivity index (χ0) is 40.5. The van der Waals surface area contributed by atoms with Crippen LogP contribution in [0.2, 0.25) is 0 Å². The first-order valence-electron chi connectivity index (χ1n) is 19.3. The van der Waals surface area contributed by atoms with Gasteiger partial charge in [0.05, 0.1) is 0 Å². The van der Waals surface area contributed by atoms with Gasteiger partial charge in [-0.25, -0.2) is 0 Å². The molecule has 5 aromatic rings. The molecule has 0 spiro atoms. The molecule has 0 fully saturated rings. The molecule has 3 N–H and O–H groups in total. The molecule has 0 radical (unpaired) electrons. The Hall–Kier alpha value is -5.25. The third-order valence-corrected chi connectivity index (χ3v) is 8.65. The molecule has 3 nitrogen and oxygen atoms in total. The van der Waals surface area contributed by atoms with Crippen LogP contribution in [0.4, 0.5) is 0 Å². The highest BCUT2D eigenvalue weighted by molar-refractivity contribution is 6.03. The van der Waals surface area contributed by atoms with Crippen molar-refractivity contribution in [3.63, 3.8) is 0 Å². The highest BCUT2D eigenvalue weighted by Crippen LogP contribution is 2.41. The Bertz CT molecular complexity index is 1950. The first-order chi connectivity index (χ1) is 26.2. The molecule has 286 valence electrons. The van der Waals surface area contributed by atoms with E-state index in [1.54, 1.807) is 0 Å². The lowest BCUT2D eigenvalue weighted by Gasteiger charge is -2.15. The average molecular weight is 723 g/mol. The van der Waals surface area contributed by atoms with Crippen LogP contribution in [0.3, 0.4) is 0 Å². The number of nitrogens with two attached hydrogens (primary N) is 1. The van der Waals surface area contributed by atoms with Crippen molar-refractivity contribution in [2.75, 3.05) is 0 Å². The van der Waals surface area contributed by atoms with E-state index < -0.39 is 0 Å². The first-order valence-corrected chi connectivity index (χ1v) is 19.3. The lowest BCUT2D eigenvalue weighted by molar-refractivity contribution is 0.595. The molecule has 0 aliphatic heterocycles. The van der Waals surface area contributed by atoms with Gasteiger partial charge in [-0.05, 0) is 112 Å². The Kier molecular flexibility index (Phi) is 23.0. The van der Waals surface area contributed by atoms with Crippen LogP contribution >= 0.6 is 0 Å². The van der Waals surface area contributed by atoms with Crippen LogP contribution < -0.4 is 5.73 Å². The van der Waals surface area contributed by atoms with Gasteiger partial charge in [-0.3, -0.25) is 0 Å². The Balaban J connectivity index is 0.000000623. The monoisotopic (exact) mass is 723 g/mol. The van der Waals surface area contributed by atoms with Gasteiger partial charge in [0, 0.05) is 23.1 Å². The van der Waals surface area contributed by atoms with E-state index in [4.69, 9.17) is 15.6 Å². The molecule has 1 aromatic heterocycles. The van der Waals surface area contributed by atoms with Crippen molar-refractivity contribution in [3.8, 4) is 0 Å². The molecule has 3 heteroatoms. The van der Waals surface area contributed by atoms with Gasteiger partial charge in [0.15, 0.2) is 0 Å². The second-order valence-corrected chi connectivity index (χ2v) is 12.5. The highest BCUT2D eigenvalue weighted by atomic mass is 16.3. The van der Waals surface area contributed by atoms with Crippen molar-refractivity contribution in [1.82, 2.24) is 0 Å². The maximum absolute atomic E-state index is 6.75. The van der Waals surface area contributed by atoms with Gasteiger partial charge in [-0.2, -0.15) is 0 Å². The van der Waals surface area contributed by atoms with Crippen LogP contribution in [-0.4, -0.2) is 6.72 Å². The van der Waals surface area contributed by atoms with Crippen molar-refractivity contribution < 1.29 is 4.42 Å². The van der Waals surface area contributed by atoms with E-state index in [1.165, 1.54) is 44.5 Å². The number of allylic oxidation sites excluding steroid dienone is 7. The Morgan fingerprint density at radius 1 is 0.778 bits per heavy atom. The van der Waals surface area contributed by atoms with Crippen molar-refractivity contribution in [1.29, 1.82) is 5.41 Å². The van der Waals surface area contributed by atoms with Crippen LogP contribution in [0.5, 0.6) is 0 Å². The van der Waals surface area contributed by atoms with Gasteiger partial charge in [-0.15, -0.1) is 0 Å². The van der Waals surface area contributed by atoms with Crippen molar-refractivity contribution >= 4 is 46.1 Å². The van der Waals surface area contributed by atoms with Gasteiger partial charge in [0.25, 0.3) is 0 Å².